The average molecular weight is 278 g/mol. The van der Waals surface area contributed by atoms with Gasteiger partial charge in [-0.1, -0.05) is 0 Å². The van der Waals surface area contributed by atoms with Gasteiger partial charge in [0.1, 0.15) is 5.82 Å². The van der Waals surface area contributed by atoms with E-state index in [2.05, 4.69) is 25.6 Å². The van der Waals surface area contributed by atoms with E-state index in [9.17, 15) is 4.79 Å². The van der Waals surface area contributed by atoms with E-state index in [0.29, 0.717) is 17.9 Å². The summed E-state index contributed by atoms with van der Waals surface area (Å²) in [7, 11) is 1.73. The summed E-state index contributed by atoms with van der Waals surface area (Å²) in [5, 5.41) is 5.83. The predicted octanol–water partition coefficient (Wildman–Crippen LogP) is 1.50. The lowest BCUT2D eigenvalue weighted by Gasteiger charge is -2.09. The number of carbonyl (C=O) groups excluding carboxylic acids is 1. The van der Waals surface area contributed by atoms with Crippen molar-refractivity contribution in [1.82, 2.24) is 20.3 Å². The quantitative estimate of drug-likeness (QED) is 0.828. The molecule has 0 bridgehead atoms. The normalized spacial score (nSPS) is 10.0. The molecule has 1 amide bonds. The van der Waals surface area contributed by atoms with Crippen LogP contribution < -0.4 is 10.6 Å². The average Bonchev–Trinajstić information content (AvgIpc) is 2.46. The molecule has 0 aliphatic rings. The third-order valence-electron chi connectivity index (χ3n) is 2.44. The maximum absolute atomic E-state index is 11.8. The Kier molecular flexibility index (Phi) is 4.25. The van der Waals surface area contributed by atoms with Crippen molar-refractivity contribution < 1.29 is 4.79 Å². The van der Waals surface area contributed by atoms with E-state index >= 15 is 0 Å². The molecule has 0 radical (unpaired) electrons. The number of carbonyl (C=O) groups is 1. The highest BCUT2D eigenvalue weighted by molar-refractivity contribution is 6.28. The molecule has 19 heavy (non-hydrogen) atoms. The molecule has 6 nitrogen and oxygen atoms in total. The number of hydrogen-bond donors (Lipinski definition) is 2. The van der Waals surface area contributed by atoms with Crippen LogP contribution >= 0.6 is 11.6 Å². The molecule has 0 aliphatic heterocycles. The van der Waals surface area contributed by atoms with Gasteiger partial charge in [0, 0.05) is 37.7 Å². The molecule has 2 rings (SSSR count). The molecule has 2 aromatic heterocycles. The SMILES string of the molecule is CNc1nc(Cl)ncc1CNC(=O)c1cccnc1. The van der Waals surface area contributed by atoms with Crippen LogP contribution in [-0.4, -0.2) is 27.9 Å². The second kappa shape index (κ2) is 6.10. The largest absolute Gasteiger partial charge is 0.373 e. The second-order valence-electron chi connectivity index (χ2n) is 3.69. The minimum atomic E-state index is -0.204. The van der Waals surface area contributed by atoms with Crippen LogP contribution in [0, 0.1) is 0 Å². The number of nitrogens with one attached hydrogen (secondary N) is 2. The standard InChI is InChI=1S/C12H12ClN5O/c1-14-10-9(7-17-12(13)18-10)6-16-11(19)8-3-2-4-15-5-8/h2-5,7H,6H2,1H3,(H,16,19)(H,14,17,18). The molecule has 0 fully saturated rings. The topological polar surface area (TPSA) is 79.8 Å². The Balaban J connectivity index is 2.05. The highest BCUT2D eigenvalue weighted by Crippen LogP contribution is 2.13. The van der Waals surface area contributed by atoms with Crippen LogP contribution in [0.25, 0.3) is 0 Å². The number of aromatic nitrogens is 3. The lowest BCUT2D eigenvalue weighted by molar-refractivity contribution is 0.0950. The van der Waals surface area contributed by atoms with Gasteiger partial charge in [-0.2, -0.15) is 0 Å². The first-order valence-electron chi connectivity index (χ1n) is 5.58. The Morgan fingerprint density at radius 3 is 2.95 bits per heavy atom. The molecule has 98 valence electrons. The zero-order chi connectivity index (χ0) is 13.7. The van der Waals surface area contributed by atoms with E-state index in [0.717, 1.165) is 5.56 Å². The summed E-state index contributed by atoms with van der Waals surface area (Å²) in [4.78, 5) is 23.6. The molecule has 0 saturated heterocycles. The van der Waals surface area contributed by atoms with Crippen molar-refractivity contribution in [2.45, 2.75) is 6.54 Å². The maximum Gasteiger partial charge on any atom is 0.253 e. The van der Waals surface area contributed by atoms with E-state index in [1.807, 2.05) is 0 Å². The van der Waals surface area contributed by atoms with E-state index in [4.69, 9.17) is 11.6 Å². The van der Waals surface area contributed by atoms with Crippen molar-refractivity contribution in [3.8, 4) is 0 Å². The van der Waals surface area contributed by atoms with Gasteiger partial charge in [0.15, 0.2) is 0 Å². The minimum Gasteiger partial charge on any atom is -0.373 e. The highest BCUT2D eigenvalue weighted by Gasteiger charge is 2.08. The van der Waals surface area contributed by atoms with Gasteiger partial charge in [-0.3, -0.25) is 9.78 Å². The highest BCUT2D eigenvalue weighted by atomic mass is 35.5. The third kappa shape index (κ3) is 3.38. The van der Waals surface area contributed by atoms with Crippen LogP contribution in [0.3, 0.4) is 0 Å². The number of rotatable bonds is 4. The van der Waals surface area contributed by atoms with Gasteiger partial charge in [0.25, 0.3) is 5.91 Å². The summed E-state index contributed by atoms with van der Waals surface area (Å²) in [5.41, 5.74) is 1.26. The fraction of sp³-hybridized carbons (Fsp3) is 0.167. The van der Waals surface area contributed by atoms with E-state index in [1.165, 1.54) is 6.20 Å². The molecule has 2 heterocycles. The minimum absolute atomic E-state index is 0.159. The van der Waals surface area contributed by atoms with E-state index in [1.54, 1.807) is 31.6 Å². The number of anilines is 1. The Labute approximate surface area is 115 Å². The monoisotopic (exact) mass is 277 g/mol. The zero-order valence-electron chi connectivity index (χ0n) is 10.2. The predicted molar refractivity (Wildman–Crippen MR) is 72.0 cm³/mol. The number of pyridine rings is 1. The number of halogens is 1. The van der Waals surface area contributed by atoms with Crippen LogP contribution in [-0.2, 0) is 6.54 Å². The van der Waals surface area contributed by atoms with Crippen LogP contribution in [0.4, 0.5) is 5.82 Å². The maximum atomic E-state index is 11.8. The third-order valence-corrected chi connectivity index (χ3v) is 2.62. The number of nitrogens with zero attached hydrogens (tertiary/aromatic N) is 3. The van der Waals surface area contributed by atoms with Gasteiger partial charge >= 0.3 is 0 Å². The number of hydrogen-bond acceptors (Lipinski definition) is 5. The van der Waals surface area contributed by atoms with Gasteiger partial charge in [0.2, 0.25) is 5.28 Å². The van der Waals surface area contributed by atoms with Gasteiger partial charge in [-0.05, 0) is 23.7 Å². The fourth-order valence-electron chi connectivity index (χ4n) is 1.51. The lowest BCUT2D eigenvalue weighted by atomic mass is 10.2. The summed E-state index contributed by atoms with van der Waals surface area (Å²) < 4.78 is 0. The summed E-state index contributed by atoms with van der Waals surface area (Å²) in [6.07, 6.45) is 4.69. The molecule has 2 N–H and O–H groups in total. The number of amides is 1. The Bertz CT molecular complexity index is 576. The van der Waals surface area contributed by atoms with Gasteiger partial charge < -0.3 is 10.6 Å². The van der Waals surface area contributed by atoms with Crippen molar-refractivity contribution in [2.24, 2.45) is 0 Å². The molecule has 7 heteroatoms. The Hall–Kier alpha value is -2.21. The molecular formula is C12H12ClN5O. The smallest absolute Gasteiger partial charge is 0.253 e. The summed E-state index contributed by atoms with van der Waals surface area (Å²) >= 11 is 5.70. The summed E-state index contributed by atoms with van der Waals surface area (Å²) in [5.74, 6) is 0.386. The van der Waals surface area contributed by atoms with Crippen LogP contribution in [0.1, 0.15) is 15.9 Å². The van der Waals surface area contributed by atoms with Crippen LogP contribution in [0.5, 0.6) is 0 Å². The van der Waals surface area contributed by atoms with Crippen LogP contribution in [0.2, 0.25) is 5.28 Å². The van der Waals surface area contributed by atoms with Crippen molar-refractivity contribution in [2.75, 3.05) is 12.4 Å². The molecule has 0 atom stereocenters. The van der Waals surface area contributed by atoms with Crippen molar-refractivity contribution >= 4 is 23.3 Å². The first-order valence-corrected chi connectivity index (χ1v) is 5.96. The molecule has 2 aromatic rings. The molecular weight excluding hydrogens is 266 g/mol. The summed E-state index contributed by atoms with van der Waals surface area (Å²) in [6, 6.07) is 3.40. The zero-order valence-corrected chi connectivity index (χ0v) is 11.0. The van der Waals surface area contributed by atoms with Gasteiger partial charge in [-0.25, -0.2) is 9.97 Å². The second-order valence-corrected chi connectivity index (χ2v) is 4.03. The first-order chi connectivity index (χ1) is 9.20. The lowest BCUT2D eigenvalue weighted by Crippen LogP contribution is -2.23. The fourth-order valence-corrected chi connectivity index (χ4v) is 1.64. The van der Waals surface area contributed by atoms with Crippen molar-refractivity contribution in [3.63, 3.8) is 0 Å². The molecule has 0 spiro atoms. The molecule has 0 unspecified atom stereocenters. The summed E-state index contributed by atoms with van der Waals surface area (Å²) in [6.45, 7) is 0.307. The van der Waals surface area contributed by atoms with E-state index < -0.39 is 0 Å². The Morgan fingerprint density at radius 1 is 1.42 bits per heavy atom. The Morgan fingerprint density at radius 2 is 2.26 bits per heavy atom. The van der Waals surface area contributed by atoms with Crippen molar-refractivity contribution in [1.29, 1.82) is 0 Å². The van der Waals surface area contributed by atoms with Gasteiger partial charge in [-0.15, -0.1) is 0 Å². The van der Waals surface area contributed by atoms with Crippen LogP contribution in [0.15, 0.2) is 30.7 Å². The first kappa shape index (κ1) is 13.2. The van der Waals surface area contributed by atoms with E-state index in [-0.39, 0.29) is 11.2 Å². The van der Waals surface area contributed by atoms with Gasteiger partial charge in [0.05, 0.1) is 5.56 Å². The molecule has 0 aromatic carbocycles. The van der Waals surface area contributed by atoms with Crippen molar-refractivity contribution in [3.05, 3.63) is 47.1 Å². The molecule has 0 aliphatic carbocycles. The molecule has 0 saturated carbocycles.